The van der Waals surface area contributed by atoms with E-state index in [1.54, 1.807) is 0 Å². The summed E-state index contributed by atoms with van der Waals surface area (Å²) < 4.78 is 7.10. The van der Waals surface area contributed by atoms with E-state index in [0.29, 0.717) is 12.5 Å². The van der Waals surface area contributed by atoms with E-state index in [1.165, 1.54) is 81.0 Å². The van der Waals surface area contributed by atoms with Crippen molar-refractivity contribution < 1.29 is 9.53 Å². The van der Waals surface area contributed by atoms with Gasteiger partial charge in [0.1, 0.15) is 5.75 Å². The lowest BCUT2D eigenvalue weighted by molar-refractivity contribution is -0.121. The van der Waals surface area contributed by atoms with Crippen molar-refractivity contribution in [3.05, 3.63) is 28.2 Å². The van der Waals surface area contributed by atoms with Gasteiger partial charge in [0.15, 0.2) is 0 Å². The summed E-state index contributed by atoms with van der Waals surface area (Å²) in [5, 5.41) is 3.18. The van der Waals surface area contributed by atoms with Crippen molar-refractivity contribution >= 4 is 21.8 Å². The summed E-state index contributed by atoms with van der Waals surface area (Å²) in [5.74, 6) is 2.82. The molecule has 1 saturated carbocycles. The molecule has 1 aromatic rings. The van der Waals surface area contributed by atoms with Crippen LogP contribution in [0.25, 0.3) is 0 Å². The third-order valence-corrected chi connectivity index (χ3v) is 8.00. The Labute approximate surface area is 204 Å². The monoisotopic (exact) mass is 506 g/mol. The van der Waals surface area contributed by atoms with Gasteiger partial charge >= 0.3 is 0 Å². The van der Waals surface area contributed by atoms with Gasteiger partial charge < -0.3 is 15.0 Å². The molecule has 0 bridgehead atoms. The molecule has 1 aromatic carbocycles. The number of amides is 1. The highest BCUT2D eigenvalue weighted by Gasteiger charge is 2.23. The topological polar surface area (TPSA) is 41.6 Å². The van der Waals surface area contributed by atoms with E-state index >= 15 is 0 Å². The smallest absolute Gasteiger partial charge is 0.219 e. The van der Waals surface area contributed by atoms with Crippen molar-refractivity contribution in [2.24, 2.45) is 11.8 Å². The van der Waals surface area contributed by atoms with Crippen LogP contribution in [0.15, 0.2) is 22.7 Å². The molecule has 1 heterocycles. The first-order valence-electron chi connectivity index (χ1n) is 12.9. The molecule has 1 aliphatic heterocycles. The zero-order valence-electron chi connectivity index (χ0n) is 20.4. The van der Waals surface area contributed by atoms with Gasteiger partial charge in [-0.15, -0.1) is 0 Å². The number of ether oxygens (including phenoxy) is 1. The van der Waals surface area contributed by atoms with Crippen molar-refractivity contribution in [3.8, 4) is 5.75 Å². The van der Waals surface area contributed by atoms with Crippen molar-refractivity contribution in [1.82, 2.24) is 10.2 Å². The van der Waals surface area contributed by atoms with Crippen molar-refractivity contribution in [1.29, 1.82) is 0 Å². The van der Waals surface area contributed by atoms with Crippen LogP contribution >= 0.6 is 15.9 Å². The van der Waals surface area contributed by atoms with Crippen LogP contribution in [0.5, 0.6) is 5.75 Å². The van der Waals surface area contributed by atoms with E-state index in [4.69, 9.17) is 4.74 Å². The van der Waals surface area contributed by atoms with Crippen molar-refractivity contribution in [3.63, 3.8) is 0 Å². The number of hydrogen-bond donors (Lipinski definition) is 1. The summed E-state index contributed by atoms with van der Waals surface area (Å²) in [6.45, 7) is 9.81. The Hall–Kier alpha value is -1.07. The van der Waals surface area contributed by atoms with Gasteiger partial charge in [-0.05, 0) is 127 Å². The Morgan fingerprint density at radius 3 is 2.50 bits per heavy atom. The standard InChI is InChI=1S/C27H43BrN2O2/c1-4-27(31)29-24-9-7-21(8-10-24)6-5-15-30-16-13-22(14-17-30)18-23-19-25(32-20(2)3)11-12-26(23)28/h11-12,19-22,24H,4-10,13-18H2,1-3H3,(H,29,31). The number of rotatable bonds is 10. The number of nitrogens with one attached hydrogen (secondary N) is 1. The lowest BCUT2D eigenvalue weighted by atomic mass is 9.83. The number of hydrogen-bond acceptors (Lipinski definition) is 3. The minimum atomic E-state index is 0.209. The highest BCUT2D eigenvalue weighted by Crippen LogP contribution is 2.30. The van der Waals surface area contributed by atoms with Crippen LogP contribution in [0.4, 0.5) is 0 Å². The first-order chi connectivity index (χ1) is 15.4. The zero-order chi connectivity index (χ0) is 22.9. The van der Waals surface area contributed by atoms with Crippen LogP contribution in [0.2, 0.25) is 0 Å². The van der Waals surface area contributed by atoms with Gasteiger partial charge in [0.25, 0.3) is 0 Å². The molecule has 1 N–H and O–H groups in total. The fraction of sp³-hybridized carbons (Fsp3) is 0.741. The quantitative estimate of drug-likeness (QED) is 0.401. The highest BCUT2D eigenvalue weighted by atomic mass is 79.9. The normalized spacial score (nSPS) is 22.8. The Morgan fingerprint density at radius 1 is 1.12 bits per heavy atom. The Bertz CT molecular complexity index is 708. The van der Waals surface area contributed by atoms with E-state index in [9.17, 15) is 4.79 Å². The molecule has 5 heteroatoms. The van der Waals surface area contributed by atoms with Crippen LogP contribution < -0.4 is 10.1 Å². The molecular formula is C27H43BrN2O2. The molecule has 0 spiro atoms. The molecule has 2 aliphatic rings. The molecule has 32 heavy (non-hydrogen) atoms. The van der Waals surface area contributed by atoms with Gasteiger partial charge in [0.05, 0.1) is 6.10 Å². The van der Waals surface area contributed by atoms with Crippen molar-refractivity contribution in [2.75, 3.05) is 19.6 Å². The molecule has 2 fully saturated rings. The second-order valence-corrected chi connectivity index (χ2v) is 11.0. The predicted molar refractivity (Wildman–Crippen MR) is 136 cm³/mol. The average molecular weight is 508 g/mol. The summed E-state index contributed by atoms with van der Waals surface area (Å²) in [4.78, 5) is 14.3. The third kappa shape index (κ3) is 8.37. The second-order valence-electron chi connectivity index (χ2n) is 10.2. The van der Waals surface area contributed by atoms with Gasteiger partial charge in [0.2, 0.25) is 5.91 Å². The molecular weight excluding hydrogens is 464 g/mol. The van der Waals surface area contributed by atoms with E-state index in [1.807, 2.05) is 6.92 Å². The lowest BCUT2D eigenvalue weighted by Gasteiger charge is -2.33. The van der Waals surface area contributed by atoms with Gasteiger partial charge in [-0.2, -0.15) is 0 Å². The van der Waals surface area contributed by atoms with Gasteiger partial charge in [-0.25, -0.2) is 0 Å². The SMILES string of the molecule is CCC(=O)NC1CCC(CCCN2CCC(Cc3cc(OC(C)C)ccc3Br)CC2)CC1. The summed E-state index contributed by atoms with van der Waals surface area (Å²) in [6.07, 6.45) is 12.1. The number of piperidine rings is 1. The van der Waals surface area contributed by atoms with Gasteiger partial charge in [-0.3, -0.25) is 4.79 Å². The molecule has 0 radical (unpaired) electrons. The molecule has 1 aliphatic carbocycles. The maximum absolute atomic E-state index is 11.6. The fourth-order valence-electron chi connectivity index (χ4n) is 5.31. The maximum atomic E-state index is 11.6. The second kappa shape index (κ2) is 13.0. The number of carbonyl (C=O) groups is 1. The lowest BCUT2D eigenvalue weighted by Crippen LogP contribution is -2.37. The molecule has 4 nitrogen and oxygen atoms in total. The molecule has 180 valence electrons. The Kier molecular flexibility index (Phi) is 10.4. The highest BCUT2D eigenvalue weighted by molar-refractivity contribution is 9.10. The molecule has 0 atom stereocenters. The molecule has 0 unspecified atom stereocenters. The molecule has 1 amide bonds. The summed E-state index contributed by atoms with van der Waals surface area (Å²) in [7, 11) is 0. The number of carbonyl (C=O) groups excluding carboxylic acids is 1. The number of nitrogens with zero attached hydrogens (tertiary/aromatic N) is 1. The van der Waals surface area contributed by atoms with E-state index in [-0.39, 0.29) is 12.0 Å². The zero-order valence-corrected chi connectivity index (χ0v) is 22.0. The van der Waals surface area contributed by atoms with E-state index in [0.717, 1.165) is 24.0 Å². The Balaban J connectivity index is 1.32. The molecule has 3 rings (SSSR count). The fourth-order valence-corrected chi connectivity index (χ4v) is 5.72. The average Bonchev–Trinajstić information content (AvgIpc) is 2.78. The number of halogens is 1. The first-order valence-corrected chi connectivity index (χ1v) is 13.7. The summed E-state index contributed by atoms with van der Waals surface area (Å²) >= 11 is 3.74. The van der Waals surface area contributed by atoms with Gasteiger partial charge in [-0.1, -0.05) is 22.9 Å². The molecule has 1 saturated heterocycles. The van der Waals surface area contributed by atoms with E-state index in [2.05, 4.69) is 58.2 Å². The van der Waals surface area contributed by atoms with Crippen LogP contribution in [-0.2, 0) is 11.2 Å². The predicted octanol–water partition coefficient (Wildman–Crippen LogP) is 6.36. The van der Waals surface area contributed by atoms with Gasteiger partial charge in [0, 0.05) is 16.9 Å². The summed E-state index contributed by atoms with van der Waals surface area (Å²) in [5.41, 5.74) is 1.38. The van der Waals surface area contributed by atoms with Crippen molar-refractivity contribution in [2.45, 2.75) is 97.1 Å². The Morgan fingerprint density at radius 2 is 1.84 bits per heavy atom. The van der Waals surface area contributed by atoms with Crippen LogP contribution in [0.1, 0.15) is 84.1 Å². The number of benzene rings is 1. The van der Waals surface area contributed by atoms with E-state index < -0.39 is 0 Å². The van der Waals surface area contributed by atoms with Crippen LogP contribution in [-0.4, -0.2) is 42.6 Å². The van der Waals surface area contributed by atoms with Crippen LogP contribution in [0.3, 0.4) is 0 Å². The van der Waals surface area contributed by atoms with Crippen LogP contribution in [0, 0.1) is 11.8 Å². The minimum absolute atomic E-state index is 0.209. The minimum Gasteiger partial charge on any atom is -0.491 e. The molecule has 0 aromatic heterocycles. The largest absolute Gasteiger partial charge is 0.491 e. The third-order valence-electron chi connectivity index (χ3n) is 7.22. The number of likely N-dealkylation sites (tertiary alicyclic amines) is 1. The maximum Gasteiger partial charge on any atom is 0.219 e. The summed E-state index contributed by atoms with van der Waals surface area (Å²) in [6, 6.07) is 6.84. The first kappa shape index (κ1) is 25.6.